The Morgan fingerprint density at radius 1 is 0.383 bits per heavy atom. The van der Waals surface area contributed by atoms with Crippen LogP contribution in [-0.2, 0) is 0 Å². The molecule has 0 aliphatic carbocycles. The van der Waals surface area contributed by atoms with Gasteiger partial charge in [-0.15, -0.1) is 50.7 Å². The fourth-order valence-electron chi connectivity index (χ4n) is 3.99. The minimum atomic E-state index is 0. The van der Waals surface area contributed by atoms with Crippen LogP contribution >= 0.6 is 88.5 Å². The maximum Gasteiger partial charge on any atom is 2.00 e. The minimum Gasteiger partial charge on any atom is -1.00 e. The molecule has 0 bridgehead atoms. The third-order valence-electron chi connectivity index (χ3n) is 6.18. The van der Waals surface area contributed by atoms with Crippen LogP contribution in [-0.4, -0.2) is 23.1 Å². The van der Waals surface area contributed by atoms with Gasteiger partial charge in [-0.2, -0.15) is 11.4 Å². The van der Waals surface area contributed by atoms with Crippen LogP contribution in [0, 0.1) is 5.38 Å². The second kappa shape index (κ2) is 22.2. The van der Waals surface area contributed by atoms with E-state index in [0.29, 0.717) is 0 Å². The number of hydrogen-bond donors (Lipinski definition) is 0. The first-order chi connectivity index (χ1) is 22.2. The smallest absolute Gasteiger partial charge is 1.00 e. The summed E-state index contributed by atoms with van der Waals surface area (Å²) in [6, 6.07) is 46.4. The molecule has 3 aromatic carbocycles. The molecule has 232 valence electrons. The van der Waals surface area contributed by atoms with E-state index in [1.165, 1.54) is 41.8 Å². The van der Waals surface area contributed by atoms with Gasteiger partial charge in [0.15, 0.2) is 0 Å². The van der Waals surface area contributed by atoms with E-state index in [4.69, 9.17) is 0 Å². The second-order valence-electron chi connectivity index (χ2n) is 9.23. The number of halogens is 3. The standard InChI is InChI=1S/2C14H10S2.C6H4Br2.C4H3S.BrH.Mg/c2*1-3-13(15-9-1)11-5-7-12(8-6-11)14-4-2-10-16-14;7-5-1-2-6(8)4-3-5;1-2-4-5-3-1;;/h2*1-10H;1-4H;1-3H;1H;/q;;;-1;;+2/p-1. The Morgan fingerprint density at radius 2 is 0.681 bits per heavy atom. The molecule has 0 saturated carbocycles. The molecule has 5 heterocycles. The molecule has 5 aromatic heterocycles. The van der Waals surface area contributed by atoms with E-state index in [1.54, 1.807) is 56.7 Å². The molecule has 0 saturated heterocycles. The first-order valence-electron chi connectivity index (χ1n) is 13.8. The molecule has 8 rings (SSSR count). The molecule has 0 N–H and O–H groups in total. The van der Waals surface area contributed by atoms with Gasteiger partial charge in [0.25, 0.3) is 0 Å². The topological polar surface area (TPSA) is 0 Å². The van der Waals surface area contributed by atoms with Gasteiger partial charge in [0.2, 0.25) is 0 Å². The molecule has 0 nitrogen and oxygen atoms in total. The second-order valence-corrected chi connectivity index (χ2v) is 15.6. The Morgan fingerprint density at radius 3 is 0.851 bits per heavy atom. The zero-order chi connectivity index (χ0) is 31.1. The maximum atomic E-state index is 3.32. The van der Waals surface area contributed by atoms with E-state index in [-0.39, 0.29) is 40.0 Å². The Labute approximate surface area is 341 Å². The molecule has 0 atom stereocenters. The van der Waals surface area contributed by atoms with Gasteiger partial charge >= 0.3 is 23.1 Å². The molecular weight excluding hydrogens is 881 g/mol. The normalized spacial score (nSPS) is 9.57. The van der Waals surface area contributed by atoms with Crippen molar-refractivity contribution in [3.8, 4) is 41.8 Å². The van der Waals surface area contributed by atoms with E-state index in [0.717, 1.165) is 8.95 Å². The van der Waals surface area contributed by atoms with Gasteiger partial charge in [-0.3, -0.25) is 0 Å². The van der Waals surface area contributed by atoms with Gasteiger partial charge in [0.05, 0.1) is 0 Å². The van der Waals surface area contributed by atoms with Gasteiger partial charge in [-0.05, 0) is 92.3 Å². The van der Waals surface area contributed by atoms with Crippen molar-refractivity contribution in [3.63, 3.8) is 0 Å². The van der Waals surface area contributed by atoms with Crippen LogP contribution in [0.2, 0.25) is 0 Å². The van der Waals surface area contributed by atoms with Gasteiger partial charge in [-0.25, -0.2) is 6.07 Å². The Balaban J connectivity index is 0.000000182. The number of hydrogen-bond acceptors (Lipinski definition) is 5. The largest absolute Gasteiger partial charge is 2.00 e. The molecule has 0 fully saturated rings. The first-order valence-corrected chi connectivity index (χ1v) is 19.8. The van der Waals surface area contributed by atoms with Crippen molar-refractivity contribution < 1.29 is 17.0 Å². The first kappa shape index (κ1) is 39.8. The molecule has 9 heteroatoms. The van der Waals surface area contributed by atoms with Crippen LogP contribution in [0.3, 0.4) is 0 Å². The fraction of sp³-hybridized carbons (Fsp3) is 0. The minimum absolute atomic E-state index is 0. The zero-order valence-electron chi connectivity index (χ0n) is 25.0. The number of thiophene rings is 5. The van der Waals surface area contributed by atoms with E-state index in [9.17, 15) is 0 Å². The monoisotopic (exact) mass is 904 g/mol. The summed E-state index contributed by atoms with van der Waals surface area (Å²) in [4.78, 5) is 5.32. The predicted molar refractivity (Wildman–Crippen MR) is 217 cm³/mol. The number of benzene rings is 3. The summed E-state index contributed by atoms with van der Waals surface area (Å²) in [6.45, 7) is 0. The van der Waals surface area contributed by atoms with Crippen molar-refractivity contribution in [3.05, 3.63) is 175 Å². The van der Waals surface area contributed by atoms with E-state index in [1.807, 2.05) is 41.8 Å². The van der Waals surface area contributed by atoms with Gasteiger partial charge in [0.1, 0.15) is 0 Å². The fourth-order valence-corrected chi connectivity index (χ4v) is 7.85. The molecule has 0 unspecified atom stereocenters. The van der Waals surface area contributed by atoms with Gasteiger partial charge < -0.3 is 28.3 Å². The maximum absolute atomic E-state index is 3.32. The predicted octanol–water partition coefficient (Wildman–Crippen LogP) is 11.7. The molecule has 0 radical (unpaired) electrons. The van der Waals surface area contributed by atoms with Gasteiger partial charge in [0, 0.05) is 28.5 Å². The van der Waals surface area contributed by atoms with Crippen LogP contribution < -0.4 is 17.0 Å². The zero-order valence-corrected chi connectivity index (χ0v) is 35.2. The summed E-state index contributed by atoms with van der Waals surface area (Å²) in [7, 11) is 0. The summed E-state index contributed by atoms with van der Waals surface area (Å²) < 4.78 is 2.22. The summed E-state index contributed by atoms with van der Waals surface area (Å²) in [6.07, 6.45) is 0. The van der Waals surface area contributed by atoms with Crippen LogP contribution in [0.1, 0.15) is 0 Å². The molecule has 0 aliphatic rings. The molecular formula is C38H27Br3MgS5. The quantitative estimate of drug-likeness (QED) is 0.122. The molecule has 0 amide bonds. The van der Waals surface area contributed by atoms with Crippen LogP contribution in [0.25, 0.3) is 41.8 Å². The van der Waals surface area contributed by atoms with Crippen molar-refractivity contribution in [2.75, 3.05) is 0 Å². The SMILES string of the molecule is Brc1ccc(Br)cc1.[Br-].[Mg+2].[c-]1cccs1.c1csc(-c2ccc(-c3cccs3)cc2)c1.c1csc(-c2ccc(-c3cccs3)cc2)c1. The number of rotatable bonds is 4. The summed E-state index contributed by atoms with van der Waals surface area (Å²) >= 11 is 15.4. The van der Waals surface area contributed by atoms with Crippen molar-refractivity contribution in [1.82, 2.24) is 0 Å². The third-order valence-corrected chi connectivity index (χ3v) is 11.5. The Bertz CT molecular complexity index is 1610. The average Bonchev–Trinajstić information content (AvgIpc) is 3.93. The molecule has 0 spiro atoms. The van der Waals surface area contributed by atoms with Crippen molar-refractivity contribution in [2.45, 2.75) is 0 Å². The van der Waals surface area contributed by atoms with E-state index in [2.05, 4.69) is 156 Å². The summed E-state index contributed by atoms with van der Waals surface area (Å²) in [5, 5.41) is 13.3. The van der Waals surface area contributed by atoms with Crippen LogP contribution in [0.15, 0.2) is 169 Å². The molecule has 8 aromatic rings. The van der Waals surface area contributed by atoms with Gasteiger partial charge in [-0.1, -0.05) is 105 Å². The molecule has 0 aliphatic heterocycles. The average molecular weight is 908 g/mol. The summed E-state index contributed by atoms with van der Waals surface area (Å²) in [5.41, 5.74) is 5.20. The van der Waals surface area contributed by atoms with Crippen LogP contribution in [0.4, 0.5) is 0 Å². The Kier molecular flexibility index (Phi) is 18.8. The molecule has 47 heavy (non-hydrogen) atoms. The third kappa shape index (κ3) is 13.3. The Hall–Kier alpha value is -1.63. The van der Waals surface area contributed by atoms with Crippen molar-refractivity contribution in [2.24, 2.45) is 0 Å². The van der Waals surface area contributed by atoms with Crippen LogP contribution in [0.5, 0.6) is 0 Å². The van der Waals surface area contributed by atoms with E-state index >= 15 is 0 Å². The van der Waals surface area contributed by atoms with E-state index < -0.39 is 0 Å². The summed E-state index contributed by atoms with van der Waals surface area (Å²) in [5.74, 6) is 0. The van der Waals surface area contributed by atoms with Crippen molar-refractivity contribution in [1.29, 1.82) is 0 Å². The van der Waals surface area contributed by atoms with Crippen molar-refractivity contribution >= 4 is 112 Å².